The van der Waals surface area contributed by atoms with Gasteiger partial charge in [-0.1, -0.05) is 13.0 Å². The SMILES string of the molecule is COc1ccc2c(c1)[C@@H]1CCC3(C2)CN(CC2CC2)[C@H]3[C@@H]1C. The van der Waals surface area contributed by atoms with E-state index in [1.54, 1.807) is 18.2 Å². The first-order valence-electron chi connectivity index (χ1n) is 9.11. The summed E-state index contributed by atoms with van der Waals surface area (Å²) in [5, 5.41) is 0. The fourth-order valence-corrected chi connectivity index (χ4v) is 6.00. The summed E-state index contributed by atoms with van der Waals surface area (Å²) in [4.78, 5) is 2.84. The molecule has 22 heavy (non-hydrogen) atoms. The topological polar surface area (TPSA) is 12.5 Å². The van der Waals surface area contributed by atoms with Crippen LogP contribution in [-0.4, -0.2) is 31.1 Å². The van der Waals surface area contributed by atoms with Gasteiger partial charge in [-0.05, 0) is 73.1 Å². The zero-order chi connectivity index (χ0) is 14.9. The van der Waals surface area contributed by atoms with E-state index in [4.69, 9.17) is 4.74 Å². The van der Waals surface area contributed by atoms with E-state index >= 15 is 0 Å². The number of ether oxygens (including phenoxy) is 1. The molecular formula is C20H27NO. The first kappa shape index (κ1) is 13.4. The molecule has 2 heteroatoms. The fraction of sp³-hybridized carbons (Fsp3) is 0.700. The minimum Gasteiger partial charge on any atom is -0.497 e. The van der Waals surface area contributed by atoms with Crippen molar-refractivity contribution in [2.45, 2.75) is 51.0 Å². The maximum atomic E-state index is 5.50. The van der Waals surface area contributed by atoms with Crippen molar-refractivity contribution in [3.63, 3.8) is 0 Å². The van der Waals surface area contributed by atoms with E-state index in [1.807, 2.05) is 0 Å². The Labute approximate surface area is 133 Å². The normalized spacial score (nSPS) is 39.6. The summed E-state index contributed by atoms with van der Waals surface area (Å²) >= 11 is 0. The van der Waals surface area contributed by atoms with E-state index < -0.39 is 0 Å². The summed E-state index contributed by atoms with van der Waals surface area (Å²) in [5.41, 5.74) is 3.80. The van der Waals surface area contributed by atoms with Gasteiger partial charge in [-0.15, -0.1) is 0 Å². The number of hydrogen-bond donors (Lipinski definition) is 0. The second-order valence-electron chi connectivity index (χ2n) is 8.43. The highest BCUT2D eigenvalue weighted by Gasteiger charge is 2.60. The van der Waals surface area contributed by atoms with Crippen molar-refractivity contribution in [3.05, 3.63) is 29.3 Å². The van der Waals surface area contributed by atoms with E-state index in [-0.39, 0.29) is 0 Å². The van der Waals surface area contributed by atoms with Crippen LogP contribution in [0.1, 0.15) is 49.7 Å². The van der Waals surface area contributed by atoms with Crippen molar-refractivity contribution in [1.82, 2.24) is 4.90 Å². The van der Waals surface area contributed by atoms with Crippen LogP contribution in [0.5, 0.6) is 5.75 Å². The van der Waals surface area contributed by atoms with E-state index in [0.29, 0.717) is 5.41 Å². The first-order valence-corrected chi connectivity index (χ1v) is 9.11. The summed E-state index contributed by atoms with van der Waals surface area (Å²) in [6.07, 6.45) is 7.08. The number of rotatable bonds is 3. The van der Waals surface area contributed by atoms with Crippen molar-refractivity contribution in [2.75, 3.05) is 20.2 Å². The van der Waals surface area contributed by atoms with E-state index in [1.165, 1.54) is 45.2 Å². The standard InChI is InChI=1S/C20H27NO/c1-13-17-7-8-20(12-21(19(13)20)11-14-3-4-14)10-15-5-6-16(22-2)9-18(15)17/h5-6,9,13-14,17,19H,3-4,7-8,10-12H2,1-2H3/t13-,17-,19+,20?/m1/s1. The molecule has 3 fully saturated rings. The molecule has 1 saturated heterocycles. The summed E-state index contributed by atoms with van der Waals surface area (Å²) in [5.74, 6) is 3.60. The van der Waals surface area contributed by atoms with Crippen molar-refractivity contribution in [2.24, 2.45) is 17.3 Å². The number of nitrogens with zero attached hydrogens (tertiary/aromatic N) is 1. The molecule has 5 aliphatic rings. The summed E-state index contributed by atoms with van der Waals surface area (Å²) < 4.78 is 5.50. The number of hydrogen-bond acceptors (Lipinski definition) is 2. The minimum absolute atomic E-state index is 0.588. The van der Waals surface area contributed by atoms with Crippen molar-refractivity contribution in [1.29, 1.82) is 0 Å². The molecule has 1 aromatic rings. The van der Waals surface area contributed by atoms with Gasteiger partial charge in [0, 0.05) is 24.5 Å². The molecule has 1 aliphatic heterocycles. The Hall–Kier alpha value is -1.02. The Bertz CT molecular complexity index is 608. The average molecular weight is 297 g/mol. The van der Waals surface area contributed by atoms with E-state index in [2.05, 4.69) is 30.0 Å². The fourth-order valence-electron chi connectivity index (χ4n) is 6.00. The number of benzene rings is 1. The van der Waals surface area contributed by atoms with Crippen LogP contribution in [0.25, 0.3) is 0 Å². The molecule has 2 bridgehead atoms. The van der Waals surface area contributed by atoms with Crippen LogP contribution in [0.15, 0.2) is 18.2 Å². The predicted molar refractivity (Wildman–Crippen MR) is 88.4 cm³/mol. The highest BCUT2D eigenvalue weighted by Crippen LogP contribution is 2.60. The third kappa shape index (κ3) is 1.76. The van der Waals surface area contributed by atoms with Crippen LogP contribution >= 0.6 is 0 Å². The van der Waals surface area contributed by atoms with Gasteiger partial charge in [0.15, 0.2) is 0 Å². The second-order valence-corrected chi connectivity index (χ2v) is 8.43. The highest BCUT2D eigenvalue weighted by atomic mass is 16.5. The van der Waals surface area contributed by atoms with E-state index in [9.17, 15) is 0 Å². The molecule has 1 unspecified atom stereocenters. The average Bonchev–Trinajstić information content (AvgIpc) is 3.31. The van der Waals surface area contributed by atoms with Crippen molar-refractivity contribution < 1.29 is 4.74 Å². The molecule has 2 saturated carbocycles. The van der Waals surface area contributed by atoms with Crippen LogP contribution in [0.3, 0.4) is 0 Å². The van der Waals surface area contributed by atoms with Gasteiger partial charge in [-0.3, -0.25) is 4.90 Å². The number of likely N-dealkylation sites (tertiary alicyclic amines) is 1. The molecule has 6 rings (SSSR count). The molecular weight excluding hydrogens is 270 g/mol. The second kappa shape index (κ2) is 4.50. The lowest BCUT2D eigenvalue weighted by atomic mass is 9.56. The van der Waals surface area contributed by atoms with Crippen molar-refractivity contribution in [3.8, 4) is 5.75 Å². The lowest BCUT2D eigenvalue weighted by Crippen LogP contribution is -2.69. The van der Waals surface area contributed by atoms with Gasteiger partial charge in [0.2, 0.25) is 0 Å². The zero-order valence-electron chi connectivity index (χ0n) is 13.8. The Morgan fingerprint density at radius 1 is 1.27 bits per heavy atom. The molecule has 1 spiro atoms. The highest BCUT2D eigenvalue weighted by molar-refractivity contribution is 5.43. The van der Waals surface area contributed by atoms with E-state index in [0.717, 1.165) is 29.5 Å². The monoisotopic (exact) mass is 297 g/mol. The van der Waals surface area contributed by atoms with Gasteiger partial charge < -0.3 is 4.74 Å². The van der Waals surface area contributed by atoms with Crippen LogP contribution in [0.4, 0.5) is 0 Å². The molecule has 2 nitrogen and oxygen atoms in total. The minimum atomic E-state index is 0.588. The van der Waals surface area contributed by atoms with Crippen LogP contribution in [0.2, 0.25) is 0 Å². The van der Waals surface area contributed by atoms with Gasteiger partial charge >= 0.3 is 0 Å². The molecule has 1 heterocycles. The van der Waals surface area contributed by atoms with Gasteiger partial charge in [0.25, 0.3) is 0 Å². The predicted octanol–water partition coefficient (Wildman–Crippen LogP) is 3.85. The summed E-state index contributed by atoms with van der Waals surface area (Å²) in [6, 6.07) is 7.70. The molecule has 118 valence electrons. The molecule has 0 amide bonds. The maximum Gasteiger partial charge on any atom is 0.119 e. The molecule has 1 aromatic carbocycles. The summed E-state index contributed by atoms with van der Waals surface area (Å²) in [6.45, 7) is 5.26. The Kier molecular flexibility index (Phi) is 2.75. The first-order chi connectivity index (χ1) is 10.7. The quantitative estimate of drug-likeness (QED) is 0.840. The van der Waals surface area contributed by atoms with Crippen LogP contribution in [-0.2, 0) is 6.42 Å². The van der Waals surface area contributed by atoms with Gasteiger partial charge in [-0.2, -0.15) is 0 Å². The third-order valence-electron chi connectivity index (χ3n) is 7.11. The Morgan fingerprint density at radius 2 is 2.14 bits per heavy atom. The molecule has 0 N–H and O–H groups in total. The molecule has 0 aromatic heterocycles. The molecule has 0 radical (unpaired) electrons. The molecule has 4 aliphatic carbocycles. The summed E-state index contributed by atoms with van der Waals surface area (Å²) in [7, 11) is 1.79. The van der Waals surface area contributed by atoms with Crippen LogP contribution in [0, 0.1) is 17.3 Å². The lowest BCUT2D eigenvalue weighted by molar-refractivity contribution is -0.130. The maximum absolute atomic E-state index is 5.50. The van der Waals surface area contributed by atoms with Gasteiger partial charge in [0.05, 0.1) is 7.11 Å². The van der Waals surface area contributed by atoms with Gasteiger partial charge in [-0.25, -0.2) is 0 Å². The van der Waals surface area contributed by atoms with Crippen molar-refractivity contribution >= 4 is 0 Å². The Balaban J connectivity index is 1.52. The number of fused-ring (bicyclic) bond motifs is 1. The molecule has 4 atom stereocenters. The largest absolute Gasteiger partial charge is 0.497 e. The smallest absolute Gasteiger partial charge is 0.119 e. The Morgan fingerprint density at radius 3 is 2.91 bits per heavy atom. The van der Waals surface area contributed by atoms with Gasteiger partial charge in [0.1, 0.15) is 5.75 Å². The number of methoxy groups -OCH3 is 1. The lowest BCUT2D eigenvalue weighted by Gasteiger charge is -2.63. The zero-order valence-corrected chi connectivity index (χ0v) is 13.8. The van der Waals surface area contributed by atoms with Crippen LogP contribution < -0.4 is 4.74 Å². The third-order valence-corrected chi connectivity index (χ3v) is 7.11.